The smallest absolute Gasteiger partial charge is 0.408 e. The minimum Gasteiger partial charge on any atom is -0.439 e. The summed E-state index contributed by atoms with van der Waals surface area (Å²) in [6, 6.07) is 10.2. The number of carbonyl (C=O) groups is 1. The second-order valence-corrected chi connectivity index (χ2v) is 5.84. The molecule has 1 aliphatic rings. The van der Waals surface area contributed by atoms with Gasteiger partial charge in [-0.25, -0.2) is 13.6 Å². The third kappa shape index (κ3) is 2.99. The molecular weight excluding hydrogens is 340 g/mol. The van der Waals surface area contributed by atoms with Gasteiger partial charge in [0.25, 0.3) is 0 Å². The van der Waals surface area contributed by atoms with E-state index in [2.05, 4.69) is 15.3 Å². The number of alkyl carbamates (subject to hydrolysis) is 1. The van der Waals surface area contributed by atoms with Crippen molar-refractivity contribution in [3.8, 4) is 11.3 Å². The van der Waals surface area contributed by atoms with Crippen LogP contribution in [0.3, 0.4) is 0 Å². The van der Waals surface area contributed by atoms with Crippen LogP contribution in [0.5, 0.6) is 0 Å². The lowest BCUT2D eigenvalue weighted by Gasteiger charge is -2.18. The largest absolute Gasteiger partial charge is 0.439 e. The fourth-order valence-corrected chi connectivity index (χ4v) is 2.93. The van der Waals surface area contributed by atoms with E-state index in [4.69, 9.17) is 4.74 Å². The zero-order valence-corrected chi connectivity index (χ0v) is 13.4. The van der Waals surface area contributed by atoms with Gasteiger partial charge in [-0.3, -0.25) is 9.97 Å². The Morgan fingerprint density at radius 2 is 1.88 bits per heavy atom. The molecule has 0 aliphatic carbocycles. The van der Waals surface area contributed by atoms with Gasteiger partial charge in [0, 0.05) is 24.2 Å². The summed E-state index contributed by atoms with van der Waals surface area (Å²) >= 11 is 0. The predicted molar refractivity (Wildman–Crippen MR) is 88.9 cm³/mol. The summed E-state index contributed by atoms with van der Waals surface area (Å²) in [6.45, 7) is 0. The number of halogens is 2. The molecule has 3 heterocycles. The molecule has 1 fully saturated rings. The molecule has 0 saturated carbocycles. The SMILES string of the molecule is O=C1N[C@H](c2cncc(-c3ccccn3)c2)[C@@H](c2ccc(F)c(F)c2)O1. The Morgan fingerprint density at radius 3 is 2.65 bits per heavy atom. The Labute approximate surface area is 147 Å². The van der Waals surface area contributed by atoms with Crippen molar-refractivity contribution in [1.82, 2.24) is 15.3 Å². The Hall–Kier alpha value is -3.35. The summed E-state index contributed by atoms with van der Waals surface area (Å²) in [5.74, 6) is -1.95. The van der Waals surface area contributed by atoms with Crippen molar-refractivity contribution in [1.29, 1.82) is 0 Å². The second-order valence-electron chi connectivity index (χ2n) is 5.84. The summed E-state index contributed by atoms with van der Waals surface area (Å²) in [4.78, 5) is 20.3. The first-order valence-electron chi connectivity index (χ1n) is 7.90. The topological polar surface area (TPSA) is 64.1 Å². The number of pyridine rings is 2. The van der Waals surface area contributed by atoms with Crippen molar-refractivity contribution in [2.75, 3.05) is 0 Å². The fourth-order valence-electron chi connectivity index (χ4n) is 2.93. The van der Waals surface area contributed by atoms with Gasteiger partial charge in [-0.1, -0.05) is 12.1 Å². The highest BCUT2D eigenvalue weighted by Crippen LogP contribution is 2.37. The number of hydrogen-bond acceptors (Lipinski definition) is 4. The summed E-state index contributed by atoms with van der Waals surface area (Å²) in [5.41, 5.74) is 2.54. The predicted octanol–water partition coefficient (Wildman–Crippen LogP) is 3.94. The molecule has 1 N–H and O–H groups in total. The standard InChI is InChI=1S/C19H13F2N3O2/c20-14-5-4-11(8-15(14)21)18-17(24-19(25)26-18)13-7-12(9-22-10-13)16-3-1-2-6-23-16/h1-10,17-18H,(H,24,25)/t17-,18-/m1/s1. The number of nitrogens with one attached hydrogen (secondary N) is 1. The molecule has 7 heteroatoms. The third-order valence-corrected chi connectivity index (χ3v) is 4.16. The van der Waals surface area contributed by atoms with E-state index in [-0.39, 0.29) is 0 Å². The molecule has 130 valence electrons. The van der Waals surface area contributed by atoms with Gasteiger partial charge < -0.3 is 10.1 Å². The molecule has 1 saturated heterocycles. The maximum atomic E-state index is 13.6. The fraction of sp³-hybridized carbons (Fsp3) is 0.105. The number of nitrogens with zero attached hydrogens (tertiary/aromatic N) is 2. The zero-order chi connectivity index (χ0) is 18.1. The molecule has 4 rings (SSSR count). The normalized spacial score (nSPS) is 19.1. The zero-order valence-electron chi connectivity index (χ0n) is 13.4. The van der Waals surface area contributed by atoms with E-state index >= 15 is 0 Å². The van der Waals surface area contributed by atoms with Gasteiger partial charge in [-0.05, 0) is 41.5 Å². The van der Waals surface area contributed by atoms with Gasteiger partial charge in [0.15, 0.2) is 17.7 Å². The Kier molecular flexibility index (Phi) is 4.04. The average Bonchev–Trinajstić information content (AvgIpc) is 3.07. The van der Waals surface area contributed by atoms with Crippen LogP contribution in [-0.2, 0) is 4.74 Å². The maximum Gasteiger partial charge on any atom is 0.408 e. The van der Waals surface area contributed by atoms with Crippen molar-refractivity contribution in [2.24, 2.45) is 0 Å². The van der Waals surface area contributed by atoms with Crippen LogP contribution in [0.15, 0.2) is 61.1 Å². The number of aromatic nitrogens is 2. The number of benzene rings is 1. The number of hydrogen-bond donors (Lipinski definition) is 1. The number of cyclic esters (lactones) is 1. The van der Waals surface area contributed by atoms with E-state index in [1.54, 1.807) is 18.6 Å². The highest BCUT2D eigenvalue weighted by molar-refractivity contribution is 5.71. The van der Waals surface area contributed by atoms with Crippen LogP contribution in [0.1, 0.15) is 23.3 Å². The van der Waals surface area contributed by atoms with Crippen LogP contribution >= 0.6 is 0 Å². The van der Waals surface area contributed by atoms with Crippen LogP contribution in [-0.4, -0.2) is 16.1 Å². The molecule has 5 nitrogen and oxygen atoms in total. The van der Waals surface area contributed by atoms with Crippen molar-refractivity contribution < 1.29 is 18.3 Å². The molecule has 1 aliphatic heterocycles. The van der Waals surface area contributed by atoms with Crippen LogP contribution in [0.2, 0.25) is 0 Å². The highest BCUT2D eigenvalue weighted by Gasteiger charge is 2.37. The van der Waals surface area contributed by atoms with Crippen molar-refractivity contribution in [2.45, 2.75) is 12.1 Å². The van der Waals surface area contributed by atoms with Gasteiger partial charge in [-0.2, -0.15) is 0 Å². The second kappa shape index (κ2) is 6.51. The van der Waals surface area contributed by atoms with Crippen LogP contribution < -0.4 is 5.32 Å². The van der Waals surface area contributed by atoms with E-state index in [1.807, 2.05) is 24.3 Å². The summed E-state index contributed by atoms with van der Waals surface area (Å²) in [5, 5.41) is 2.69. The molecule has 2 atom stereocenters. The molecule has 3 aromatic rings. The van der Waals surface area contributed by atoms with E-state index in [1.165, 1.54) is 6.07 Å². The summed E-state index contributed by atoms with van der Waals surface area (Å²) < 4.78 is 32.1. The van der Waals surface area contributed by atoms with Gasteiger partial charge in [0.1, 0.15) is 6.04 Å². The van der Waals surface area contributed by atoms with E-state index < -0.39 is 29.9 Å². The minimum atomic E-state index is -0.996. The first-order valence-corrected chi connectivity index (χ1v) is 7.90. The van der Waals surface area contributed by atoms with Gasteiger partial charge in [0.2, 0.25) is 0 Å². The van der Waals surface area contributed by atoms with Crippen molar-refractivity contribution >= 4 is 6.09 Å². The lowest BCUT2D eigenvalue weighted by Crippen LogP contribution is -2.20. The van der Waals surface area contributed by atoms with Gasteiger partial charge in [-0.15, -0.1) is 0 Å². The molecule has 0 unspecified atom stereocenters. The van der Waals surface area contributed by atoms with Crippen molar-refractivity contribution in [3.05, 3.63) is 83.8 Å². The lowest BCUT2D eigenvalue weighted by molar-refractivity contribution is 0.132. The molecule has 2 aromatic heterocycles. The molecule has 0 bridgehead atoms. The number of carbonyl (C=O) groups excluding carboxylic acids is 1. The molecule has 0 radical (unpaired) electrons. The van der Waals surface area contributed by atoms with E-state index in [0.717, 1.165) is 23.4 Å². The highest BCUT2D eigenvalue weighted by atomic mass is 19.2. The van der Waals surface area contributed by atoms with Gasteiger partial charge in [0.05, 0.1) is 5.69 Å². The molecule has 1 amide bonds. The third-order valence-electron chi connectivity index (χ3n) is 4.16. The average molecular weight is 353 g/mol. The number of rotatable bonds is 3. The van der Waals surface area contributed by atoms with Crippen LogP contribution in [0.25, 0.3) is 11.3 Å². The first-order chi connectivity index (χ1) is 12.6. The van der Waals surface area contributed by atoms with Crippen LogP contribution in [0, 0.1) is 11.6 Å². The Balaban J connectivity index is 1.71. The Morgan fingerprint density at radius 1 is 1.00 bits per heavy atom. The molecule has 26 heavy (non-hydrogen) atoms. The van der Waals surface area contributed by atoms with Crippen LogP contribution in [0.4, 0.5) is 13.6 Å². The quantitative estimate of drug-likeness (QED) is 0.775. The molecule has 1 aromatic carbocycles. The number of ether oxygens (including phenoxy) is 1. The van der Waals surface area contributed by atoms with Crippen molar-refractivity contribution in [3.63, 3.8) is 0 Å². The number of amides is 1. The summed E-state index contributed by atoms with van der Waals surface area (Å²) in [6.07, 6.45) is 3.51. The maximum absolute atomic E-state index is 13.6. The summed E-state index contributed by atoms with van der Waals surface area (Å²) in [7, 11) is 0. The molecule has 0 spiro atoms. The minimum absolute atomic E-state index is 0.357. The monoisotopic (exact) mass is 353 g/mol. The van der Waals surface area contributed by atoms with Gasteiger partial charge >= 0.3 is 6.09 Å². The van der Waals surface area contributed by atoms with E-state index in [0.29, 0.717) is 11.1 Å². The lowest BCUT2D eigenvalue weighted by atomic mass is 9.96. The Bertz CT molecular complexity index is 966. The molecular formula is C19H13F2N3O2. The van der Waals surface area contributed by atoms with E-state index in [9.17, 15) is 13.6 Å². The first kappa shape index (κ1) is 16.1.